The van der Waals surface area contributed by atoms with Gasteiger partial charge in [0.05, 0.1) is 12.7 Å². The summed E-state index contributed by atoms with van der Waals surface area (Å²) in [4.78, 5) is 11.3. The van der Waals surface area contributed by atoms with Crippen molar-refractivity contribution >= 4 is 29.9 Å². The van der Waals surface area contributed by atoms with Gasteiger partial charge in [-0.2, -0.15) is 0 Å². The average molecular weight is 523 g/mol. The number of guanidine groups is 1. The minimum atomic E-state index is 0. The molecule has 0 radical (unpaired) electrons. The molecule has 0 amide bonds. The Labute approximate surface area is 197 Å². The van der Waals surface area contributed by atoms with Crippen molar-refractivity contribution in [1.29, 1.82) is 0 Å². The van der Waals surface area contributed by atoms with E-state index < -0.39 is 0 Å². The van der Waals surface area contributed by atoms with Gasteiger partial charge in [0.1, 0.15) is 12.4 Å². The van der Waals surface area contributed by atoms with Gasteiger partial charge in [-0.1, -0.05) is 30.3 Å². The van der Waals surface area contributed by atoms with Crippen molar-refractivity contribution in [3.05, 3.63) is 60.4 Å². The molecule has 3 rings (SSSR count). The maximum atomic E-state index is 5.68. The van der Waals surface area contributed by atoms with Gasteiger partial charge in [0, 0.05) is 37.9 Å². The molecule has 1 aromatic carbocycles. The first-order chi connectivity index (χ1) is 14.2. The van der Waals surface area contributed by atoms with Crippen molar-refractivity contribution in [2.45, 2.75) is 45.3 Å². The van der Waals surface area contributed by atoms with Gasteiger partial charge in [-0.25, -0.2) is 4.99 Å². The summed E-state index contributed by atoms with van der Waals surface area (Å²) in [5.74, 6) is 1.65. The van der Waals surface area contributed by atoms with Crippen molar-refractivity contribution in [2.75, 3.05) is 26.2 Å². The number of likely N-dealkylation sites (tertiary alicyclic amines) is 1. The van der Waals surface area contributed by atoms with E-state index in [1.54, 1.807) is 12.4 Å². The lowest BCUT2D eigenvalue weighted by atomic mass is 9.97. The largest absolute Gasteiger partial charge is 0.490 e. The van der Waals surface area contributed by atoms with Gasteiger partial charge in [-0.05, 0) is 44.4 Å². The molecule has 7 heteroatoms. The minimum absolute atomic E-state index is 0. The van der Waals surface area contributed by atoms with Gasteiger partial charge in [0.15, 0.2) is 5.96 Å². The van der Waals surface area contributed by atoms with Crippen LogP contribution in [-0.2, 0) is 6.54 Å². The van der Waals surface area contributed by atoms with E-state index in [4.69, 9.17) is 4.74 Å². The van der Waals surface area contributed by atoms with Crippen molar-refractivity contribution < 1.29 is 4.74 Å². The van der Waals surface area contributed by atoms with Crippen molar-refractivity contribution in [2.24, 2.45) is 4.99 Å². The fraction of sp³-hybridized carbons (Fsp3) is 0.478. The molecule has 164 valence electrons. The Hall–Kier alpha value is -1.87. The highest BCUT2D eigenvalue weighted by Crippen LogP contribution is 2.19. The molecule has 1 aliphatic rings. The zero-order chi connectivity index (χ0) is 20.3. The molecule has 1 aliphatic heterocycles. The summed E-state index contributed by atoms with van der Waals surface area (Å²) in [6, 6.07) is 15.5. The van der Waals surface area contributed by atoms with Crippen LogP contribution in [0.3, 0.4) is 0 Å². The van der Waals surface area contributed by atoms with E-state index in [-0.39, 0.29) is 24.0 Å². The van der Waals surface area contributed by atoms with E-state index in [2.05, 4.69) is 69.7 Å². The number of aliphatic imine (C=N–C) groups is 1. The Kier molecular flexibility index (Phi) is 10.9. The number of pyridine rings is 1. The number of aromatic nitrogens is 1. The van der Waals surface area contributed by atoms with E-state index >= 15 is 0 Å². The number of nitrogens with zero attached hydrogens (tertiary/aromatic N) is 3. The molecule has 30 heavy (non-hydrogen) atoms. The van der Waals surface area contributed by atoms with Crippen LogP contribution in [0.25, 0.3) is 0 Å². The van der Waals surface area contributed by atoms with Crippen molar-refractivity contribution in [3.8, 4) is 5.75 Å². The van der Waals surface area contributed by atoms with Crippen LogP contribution < -0.4 is 15.4 Å². The standard InChI is InChI=1S/C23H33N5O.HI/c1-3-25-23(26-13-15-29-22-10-7-12-24-17-22)27-21-11-14-28(19(2)16-21)18-20-8-5-4-6-9-20;/h4-10,12,17,19,21H,3,11,13-16,18H2,1-2H3,(H2,25,26,27);1H. The Morgan fingerprint density at radius 2 is 2.07 bits per heavy atom. The zero-order valence-corrected chi connectivity index (χ0v) is 20.3. The maximum absolute atomic E-state index is 5.68. The highest BCUT2D eigenvalue weighted by Gasteiger charge is 2.25. The smallest absolute Gasteiger partial charge is 0.191 e. The van der Waals surface area contributed by atoms with E-state index in [1.807, 2.05) is 12.1 Å². The van der Waals surface area contributed by atoms with E-state index in [0.717, 1.165) is 44.2 Å². The quantitative estimate of drug-likeness (QED) is 0.239. The average Bonchev–Trinajstić information content (AvgIpc) is 2.75. The summed E-state index contributed by atoms with van der Waals surface area (Å²) in [7, 11) is 0. The second kappa shape index (κ2) is 13.4. The summed E-state index contributed by atoms with van der Waals surface area (Å²) < 4.78 is 5.68. The molecular formula is C23H34IN5O. The minimum Gasteiger partial charge on any atom is -0.490 e. The van der Waals surface area contributed by atoms with Gasteiger partial charge >= 0.3 is 0 Å². The number of ether oxygens (including phenoxy) is 1. The molecule has 0 bridgehead atoms. The molecule has 2 atom stereocenters. The molecule has 2 aromatic rings. The molecule has 1 aromatic heterocycles. The molecule has 0 saturated carbocycles. The van der Waals surface area contributed by atoms with Gasteiger partial charge in [0.2, 0.25) is 0 Å². The summed E-state index contributed by atoms with van der Waals surface area (Å²) in [6.45, 7) is 8.52. The third-order valence-corrected chi connectivity index (χ3v) is 5.19. The normalized spacial score (nSPS) is 19.6. The van der Waals surface area contributed by atoms with Crippen LogP contribution in [-0.4, -0.2) is 54.2 Å². The predicted octanol–water partition coefficient (Wildman–Crippen LogP) is 3.69. The number of piperidine rings is 1. The predicted molar refractivity (Wildman–Crippen MR) is 134 cm³/mol. The van der Waals surface area contributed by atoms with Crippen LogP contribution in [0.5, 0.6) is 5.75 Å². The lowest BCUT2D eigenvalue weighted by Crippen LogP contribution is -2.51. The van der Waals surface area contributed by atoms with Crippen molar-refractivity contribution in [1.82, 2.24) is 20.5 Å². The Morgan fingerprint density at radius 1 is 1.23 bits per heavy atom. The summed E-state index contributed by atoms with van der Waals surface area (Å²) in [5.41, 5.74) is 1.38. The zero-order valence-electron chi connectivity index (χ0n) is 18.0. The van der Waals surface area contributed by atoms with Crippen LogP contribution in [0.1, 0.15) is 32.3 Å². The molecule has 0 aliphatic carbocycles. The molecular weight excluding hydrogens is 489 g/mol. The second-order valence-corrected chi connectivity index (χ2v) is 7.47. The number of hydrogen-bond acceptors (Lipinski definition) is 4. The Bertz CT molecular complexity index is 744. The van der Waals surface area contributed by atoms with Crippen LogP contribution >= 0.6 is 24.0 Å². The number of hydrogen-bond donors (Lipinski definition) is 2. The van der Waals surface area contributed by atoms with E-state index in [1.165, 1.54) is 5.56 Å². The third kappa shape index (κ3) is 8.10. The SMILES string of the molecule is CCNC(=NCCOc1cccnc1)NC1CCN(Cc2ccccc2)C(C)C1.I. The van der Waals surface area contributed by atoms with Crippen LogP contribution in [0.2, 0.25) is 0 Å². The molecule has 2 N–H and O–H groups in total. The lowest BCUT2D eigenvalue weighted by Gasteiger charge is -2.38. The van der Waals surface area contributed by atoms with E-state index in [9.17, 15) is 0 Å². The third-order valence-electron chi connectivity index (χ3n) is 5.19. The number of halogens is 1. The topological polar surface area (TPSA) is 61.8 Å². The summed E-state index contributed by atoms with van der Waals surface area (Å²) in [5, 5.41) is 6.97. The van der Waals surface area contributed by atoms with Crippen LogP contribution in [0, 0.1) is 0 Å². The second-order valence-electron chi connectivity index (χ2n) is 7.47. The molecule has 2 unspecified atom stereocenters. The van der Waals surface area contributed by atoms with Gasteiger partial charge in [-0.3, -0.25) is 9.88 Å². The number of rotatable bonds is 8. The Balaban J connectivity index is 0.00000320. The Morgan fingerprint density at radius 3 is 2.77 bits per heavy atom. The van der Waals surface area contributed by atoms with E-state index in [0.29, 0.717) is 25.2 Å². The number of nitrogens with one attached hydrogen (secondary N) is 2. The fourth-order valence-electron chi connectivity index (χ4n) is 3.67. The molecule has 2 heterocycles. The highest BCUT2D eigenvalue weighted by molar-refractivity contribution is 14.0. The molecule has 1 fully saturated rings. The lowest BCUT2D eigenvalue weighted by molar-refractivity contribution is 0.134. The van der Waals surface area contributed by atoms with Crippen LogP contribution in [0.4, 0.5) is 0 Å². The summed E-state index contributed by atoms with van der Waals surface area (Å²) in [6.07, 6.45) is 5.69. The van der Waals surface area contributed by atoms with Crippen molar-refractivity contribution in [3.63, 3.8) is 0 Å². The van der Waals surface area contributed by atoms with Crippen LogP contribution in [0.15, 0.2) is 59.9 Å². The number of benzene rings is 1. The first-order valence-electron chi connectivity index (χ1n) is 10.6. The monoisotopic (exact) mass is 523 g/mol. The first-order valence-corrected chi connectivity index (χ1v) is 10.6. The highest BCUT2D eigenvalue weighted by atomic mass is 127. The molecule has 1 saturated heterocycles. The van der Waals surface area contributed by atoms with Gasteiger partial charge < -0.3 is 15.4 Å². The fourth-order valence-corrected chi connectivity index (χ4v) is 3.67. The van der Waals surface area contributed by atoms with Gasteiger partial charge in [-0.15, -0.1) is 24.0 Å². The summed E-state index contributed by atoms with van der Waals surface area (Å²) >= 11 is 0. The molecule has 0 spiro atoms. The maximum Gasteiger partial charge on any atom is 0.191 e. The van der Waals surface area contributed by atoms with Gasteiger partial charge in [0.25, 0.3) is 0 Å². The first kappa shape index (κ1) is 24.4. The molecule has 6 nitrogen and oxygen atoms in total.